The van der Waals surface area contributed by atoms with Gasteiger partial charge in [-0.3, -0.25) is 23.3 Å². The second-order valence-electron chi connectivity index (χ2n) is 7.14. The Labute approximate surface area is 181 Å². The van der Waals surface area contributed by atoms with Gasteiger partial charge in [0.1, 0.15) is 0 Å². The summed E-state index contributed by atoms with van der Waals surface area (Å²) < 4.78 is 5.83. The highest BCUT2D eigenvalue weighted by molar-refractivity contribution is 7.99. The van der Waals surface area contributed by atoms with Gasteiger partial charge in [-0.2, -0.15) is 0 Å². The molecule has 3 heterocycles. The van der Waals surface area contributed by atoms with Gasteiger partial charge in [0, 0.05) is 32.9 Å². The molecule has 0 bridgehead atoms. The van der Waals surface area contributed by atoms with Crippen LogP contribution in [-0.4, -0.2) is 34.0 Å². The van der Waals surface area contributed by atoms with Crippen LogP contribution >= 0.6 is 11.8 Å². The third-order valence-corrected chi connectivity index (χ3v) is 6.16. The molecule has 0 N–H and O–H groups in total. The summed E-state index contributed by atoms with van der Waals surface area (Å²) in [5.74, 6) is 0.584. The SMILES string of the molecule is C=CCn1c(SCCCn2c(=O)c3c(ncn3C)n(C)c2=O)nc2ccccc2c1=O. The summed E-state index contributed by atoms with van der Waals surface area (Å²) in [7, 11) is 3.33. The molecule has 0 saturated carbocycles. The Morgan fingerprint density at radius 1 is 1.10 bits per heavy atom. The van der Waals surface area contributed by atoms with E-state index in [-0.39, 0.29) is 17.7 Å². The lowest BCUT2D eigenvalue weighted by Crippen LogP contribution is -2.39. The van der Waals surface area contributed by atoms with Crippen molar-refractivity contribution in [1.29, 1.82) is 0 Å². The van der Waals surface area contributed by atoms with Gasteiger partial charge in [-0.15, -0.1) is 6.58 Å². The molecule has 31 heavy (non-hydrogen) atoms. The number of thioether (sulfide) groups is 1. The molecule has 4 aromatic rings. The van der Waals surface area contributed by atoms with Crippen LogP contribution in [0.5, 0.6) is 0 Å². The van der Waals surface area contributed by atoms with Crippen molar-refractivity contribution in [2.75, 3.05) is 5.75 Å². The lowest BCUT2D eigenvalue weighted by molar-refractivity contribution is 0.593. The molecule has 0 atom stereocenters. The number of nitrogens with zero attached hydrogens (tertiary/aromatic N) is 6. The second-order valence-corrected chi connectivity index (χ2v) is 8.21. The Bertz CT molecular complexity index is 1480. The lowest BCUT2D eigenvalue weighted by Gasteiger charge is -2.12. The minimum atomic E-state index is -0.395. The molecule has 0 spiro atoms. The fourth-order valence-electron chi connectivity index (χ4n) is 3.53. The highest BCUT2D eigenvalue weighted by Gasteiger charge is 2.15. The number of benzene rings is 1. The molecule has 1 aromatic carbocycles. The summed E-state index contributed by atoms with van der Waals surface area (Å²) in [5.41, 5.74) is 0.550. The average molecular weight is 439 g/mol. The molecule has 0 aliphatic heterocycles. The maximum Gasteiger partial charge on any atom is 0.332 e. The first kappa shape index (κ1) is 20.9. The molecule has 0 unspecified atom stereocenters. The predicted octanol–water partition coefficient (Wildman–Crippen LogP) is 1.51. The third kappa shape index (κ3) is 3.63. The molecule has 160 valence electrons. The van der Waals surface area contributed by atoms with Gasteiger partial charge in [0.25, 0.3) is 11.1 Å². The van der Waals surface area contributed by atoms with E-state index in [1.54, 1.807) is 35.4 Å². The fraction of sp³-hybridized carbons (Fsp3) is 0.286. The summed E-state index contributed by atoms with van der Waals surface area (Å²) in [4.78, 5) is 47.0. The number of aromatic nitrogens is 6. The van der Waals surface area contributed by atoms with Crippen LogP contribution in [-0.2, 0) is 27.2 Å². The smallest absolute Gasteiger partial charge is 0.328 e. The van der Waals surface area contributed by atoms with Gasteiger partial charge < -0.3 is 4.57 Å². The summed E-state index contributed by atoms with van der Waals surface area (Å²) >= 11 is 1.42. The number of para-hydroxylation sites is 1. The molecule has 0 aliphatic carbocycles. The van der Waals surface area contributed by atoms with Gasteiger partial charge in [0.15, 0.2) is 16.3 Å². The Kier molecular flexibility index (Phi) is 5.64. The number of hydrogen-bond acceptors (Lipinski definition) is 6. The number of fused-ring (bicyclic) bond motifs is 2. The quantitative estimate of drug-likeness (QED) is 0.188. The van der Waals surface area contributed by atoms with E-state index in [2.05, 4.69) is 16.5 Å². The number of rotatable bonds is 7. The summed E-state index contributed by atoms with van der Waals surface area (Å²) in [6.07, 6.45) is 3.74. The highest BCUT2D eigenvalue weighted by atomic mass is 32.2. The molecular formula is C21H22N6O3S. The number of allylic oxidation sites excluding steroid dienone is 1. The molecule has 10 heteroatoms. The third-order valence-electron chi connectivity index (χ3n) is 5.10. The molecule has 0 saturated heterocycles. The van der Waals surface area contributed by atoms with Crippen molar-refractivity contribution >= 4 is 33.8 Å². The van der Waals surface area contributed by atoms with Crippen molar-refractivity contribution in [3.8, 4) is 0 Å². The van der Waals surface area contributed by atoms with E-state index in [4.69, 9.17) is 0 Å². The van der Waals surface area contributed by atoms with E-state index < -0.39 is 5.69 Å². The first-order valence-corrected chi connectivity index (χ1v) is 10.8. The Morgan fingerprint density at radius 2 is 1.87 bits per heavy atom. The fourth-order valence-corrected chi connectivity index (χ4v) is 4.46. The predicted molar refractivity (Wildman–Crippen MR) is 122 cm³/mol. The molecule has 9 nitrogen and oxygen atoms in total. The number of aryl methyl sites for hydroxylation is 2. The maximum absolute atomic E-state index is 12.8. The summed E-state index contributed by atoms with van der Waals surface area (Å²) in [6, 6.07) is 7.23. The van der Waals surface area contributed by atoms with Crippen molar-refractivity contribution in [1.82, 2.24) is 28.2 Å². The minimum absolute atomic E-state index is 0.111. The Morgan fingerprint density at radius 3 is 2.65 bits per heavy atom. The molecule has 0 amide bonds. The van der Waals surface area contributed by atoms with Gasteiger partial charge in [-0.05, 0) is 18.6 Å². The zero-order valence-electron chi connectivity index (χ0n) is 17.3. The number of hydrogen-bond donors (Lipinski definition) is 0. The zero-order chi connectivity index (χ0) is 22.1. The van der Waals surface area contributed by atoms with Crippen LogP contribution < -0.4 is 16.8 Å². The largest absolute Gasteiger partial charge is 0.332 e. The van der Waals surface area contributed by atoms with Gasteiger partial charge in [0.2, 0.25) is 0 Å². The molecule has 0 radical (unpaired) electrons. The number of imidazole rings is 1. The van der Waals surface area contributed by atoms with E-state index in [1.807, 2.05) is 18.2 Å². The van der Waals surface area contributed by atoms with Crippen LogP contribution in [0.4, 0.5) is 0 Å². The molecular weight excluding hydrogens is 416 g/mol. The van der Waals surface area contributed by atoms with Crippen LogP contribution in [0.1, 0.15) is 6.42 Å². The highest BCUT2D eigenvalue weighted by Crippen LogP contribution is 2.19. The van der Waals surface area contributed by atoms with E-state index in [1.165, 1.54) is 27.2 Å². The van der Waals surface area contributed by atoms with Gasteiger partial charge >= 0.3 is 5.69 Å². The lowest BCUT2D eigenvalue weighted by atomic mass is 10.2. The van der Waals surface area contributed by atoms with Gasteiger partial charge in [-0.1, -0.05) is 30.0 Å². The van der Waals surface area contributed by atoms with Crippen molar-refractivity contribution in [2.24, 2.45) is 14.1 Å². The Hall–Kier alpha value is -3.40. The monoisotopic (exact) mass is 438 g/mol. The van der Waals surface area contributed by atoms with Crippen LogP contribution in [0.15, 0.2) is 62.8 Å². The van der Waals surface area contributed by atoms with E-state index in [0.717, 1.165) is 0 Å². The van der Waals surface area contributed by atoms with Crippen LogP contribution in [0.25, 0.3) is 22.1 Å². The minimum Gasteiger partial charge on any atom is -0.328 e. The molecule has 4 rings (SSSR count). The normalized spacial score (nSPS) is 11.4. The molecule has 0 aliphatic rings. The van der Waals surface area contributed by atoms with Crippen molar-refractivity contribution < 1.29 is 0 Å². The van der Waals surface area contributed by atoms with Crippen LogP contribution in [0.3, 0.4) is 0 Å². The van der Waals surface area contributed by atoms with Crippen molar-refractivity contribution in [2.45, 2.75) is 24.7 Å². The van der Waals surface area contributed by atoms with Gasteiger partial charge in [0.05, 0.1) is 17.2 Å². The zero-order valence-corrected chi connectivity index (χ0v) is 18.1. The topological polar surface area (TPSA) is 96.7 Å². The second kappa shape index (κ2) is 8.38. The standard InChI is InChI=1S/C21H22N6O3S/c1-4-10-26-18(28)14-8-5-6-9-15(14)23-20(26)31-12-7-11-27-19(29)16-17(22-13-24(16)2)25(3)21(27)30/h4-6,8-9,13H,1,7,10-12H2,2-3H3. The van der Waals surface area contributed by atoms with Gasteiger partial charge in [-0.25, -0.2) is 14.8 Å². The average Bonchev–Trinajstić information content (AvgIpc) is 3.16. The summed E-state index contributed by atoms with van der Waals surface area (Å²) in [5, 5.41) is 1.15. The molecule has 0 fully saturated rings. The molecule has 3 aromatic heterocycles. The van der Waals surface area contributed by atoms with E-state index in [0.29, 0.717) is 45.9 Å². The Balaban J connectivity index is 1.58. The van der Waals surface area contributed by atoms with E-state index in [9.17, 15) is 14.4 Å². The van der Waals surface area contributed by atoms with Crippen LogP contribution in [0, 0.1) is 0 Å². The van der Waals surface area contributed by atoms with E-state index >= 15 is 0 Å². The van der Waals surface area contributed by atoms with Crippen molar-refractivity contribution in [3.05, 3.63) is 74.4 Å². The first-order chi connectivity index (χ1) is 14.9. The van der Waals surface area contributed by atoms with Crippen molar-refractivity contribution in [3.63, 3.8) is 0 Å². The van der Waals surface area contributed by atoms with Crippen LogP contribution in [0.2, 0.25) is 0 Å². The summed E-state index contributed by atoms with van der Waals surface area (Å²) in [6.45, 7) is 4.35. The first-order valence-electron chi connectivity index (χ1n) is 9.78. The maximum atomic E-state index is 12.8.